The Bertz CT molecular complexity index is 872. The lowest BCUT2D eigenvalue weighted by molar-refractivity contribution is -0.123. The van der Waals surface area contributed by atoms with Crippen molar-refractivity contribution in [3.63, 3.8) is 0 Å². The molecule has 8 nitrogen and oxygen atoms in total. The van der Waals surface area contributed by atoms with Crippen LogP contribution in [0, 0.1) is 6.92 Å². The predicted molar refractivity (Wildman–Crippen MR) is 84.8 cm³/mol. The van der Waals surface area contributed by atoms with Crippen LogP contribution in [0.25, 0.3) is 0 Å². The van der Waals surface area contributed by atoms with E-state index in [0.29, 0.717) is 5.76 Å². The third-order valence-electron chi connectivity index (χ3n) is 3.02. The zero-order valence-corrected chi connectivity index (χ0v) is 13.8. The highest BCUT2D eigenvalue weighted by Gasteiger charge is 2.21. The summed E-state index contributed by atoms with van der Waals surface area (Å²) in [5.74, 6) is -0.871. The van der Waals surface area contributed by atoms with E-state index in [2.05, 4.69) is 5.32 Å². The lowest BCUT2D eigenvalue weighted by Crippen LogP contribution is -2.30. The molecule has 9 heteroatoms. The summed E-state index contributed by atoms with van der Waals surface area (Å²) in [6.45, 7) is 3.05. The summed E-state index contributed by atoms with van der Waals surface area (Å²) in [6, 6.07) is 8.46. The molecule has 2 rings (SSSR count). The van der Waals surface area contributed by atoms with Gasteiger partial charge in [-0.2, -0.15) is 0 Å². The van der Waals surface area contributed by atoms with Crippen LogP contribution in [0.15, 0.2) is 45.7 Å². The number of nitrogens with two attached hydrogens (primary N) is 1. The molecular weight excluding hydrogens is 336 g/mol. The molecule has 2 aromatic rings. The number of carbonyl (C=O) groups excluding carboxylic acids is 2. The van der Waals surface area contributed by atoms with Gasteiger partial charge in [0.05, 0.1) is 4.90 Å². The van der Waals surface area contributed by atoms with E-state index in [1.54, 1.807) is 13.0 Å². The largest absolute Gasteiger partial charge is 0.454 e. The molecule has 0 saturated carbocycles. The Morgan fingerprint density at radius 3 is 2.54 bits per heavy atom. The van der Waals surface area contributed by atoms with Crippen LogP contribution >= 0.6 is 0 Å². The third-order valence-corrected chi connectivity index (χ3v) is 3.94. The number of anilines is 1. The van der Waals surface area contributed by atoms with Crippen LogP contribution in [-0.2, 0) is 19.6 Å². The maximum Gasteiger partial charge on any atom is 0.375 e. The molecule has 1 aromatic heterocycles. The van der Waals surface area contributed by atoms with Crippen LogP contribution in [0.3, 0.4) is 0 Å². The van der Waals surface area contributed by atoms with Crippen LogP contribution in [0.1, 0.15) is 23.2 Å². The summed E-state index contributed by atoms with van der Waals surface area (Å²) in [6.07, 6.45) is -1.11. The fourth-order valence-electron chi connectivity index (χ4n) is 1.81. The highest BCUT2D eigenvalue weighted by molar-refractivity contribution is 7.89. The summed E-state index contributed by atoms with van der Waals surface area (Å²) >= 11 is 0. The molecule has 128 valence electrons. The minimum absolute atomic E-state index is 0.0108. The van der Waals surface area contributed by atoms with Crippen molar-refractivity contribution in [1.82, 2.24) is 0 Å². The Labute approximate surface area is 138 Å². The number of sulfonamides is 1. The number of nitrogens with one attached hydrogen (secondary N) is 1. The first-order valence-electron chi connectivity index (χ1n) is 6.88. The van der Waals surface area contributed by atoms with Crippen LogP contribution in [0.4, 0.5) is 5.69 Å². The average Bonchev–Trinajstić information content (AvgIpc) is 2.93. The van der Waals surface area contributed by atoms with Gasteiger partial charge in [0.1, 0.15) is 5.76 Å². The first kappa shape index (κ1) is 17.7. The minimum atomic E-state index is -3.88. The van der Waals surface area contributed by atoms with Gasteiger partial charge in [-0.05, 0) is 44.2 Å². The molecule has 0 unspecified atom stereocenters. The topological polar surface area (TPSA) is 129 Å². The fourth-order valence-corrected chi connectivity index (χ4v) is 2.37. The Morgan fingerprint density at radius 2 is 1.96 bits per heavy atom. The minimum Gasteiger partial charge on any atom is -0.454 e. The van der Waals surface area contributed by atoms with Gasteiger partial charge in [0.2, 0.25) is 15.8 Å². The second-order valence-electron chi connectivity index (χ2n) is 5.02. The van der Waals surface area contributed by atoms with E-state index in [0.717, 1.165) is 0 Å². The number of aryl methyl sites for hydroxylation is 1. The Hall–Kier alpha value is -2.65. The molecular formula is C15H16N2O6S. The Balaban J connectivity index is 2.03. The molecule has 0 bridgehead atoms. The maximum atomic E-state index is 12.0. The van der Waals surface area contributed by atoms with Gasteiger partial charge in [-0.1, -0.05) is 6.07 Å². The second kappa shape index (κ2) is 6.85. The zero-order valence-electron chi connectivity index (χ0n) is 13.0. The quantitative estimate of drug-likeness (QED) is 0.783. The normalized spacial score (nSPS) is 12.5. The molecule has 0 saturated heterocycles. The number of rotatable bonds is 5. The lowest BCUT2D eigenvalue weighted by Gasteiger charge is -2.13. The first-order chi connectivity index (χ1) is 11.2. The van der Waals surface area contributed by atoms with Crippen LogP contribution in [0.2, 0.25) is 0 Å². The van der Waals surface area contributed by atoms with Crippen molar-refractivity contribution >= 4 is 27.6 Å². The molecule has 0 aliphatic heterocycles. The van der Waals surface area contributed by atoms with Gasteiger partial charge in [0.15, 0.2) is 6.10 Å². The Kier molecular flexibility index (Phi) is 5.05. The monoisotopic (exact) mass is 352 g/mol. The highest BCUT2D eigenvalue weighted by Crippen LogP contribution is 2.15. The van der Waals surface area contributed by atoms with Gasteiger partial charge in [-0.25, -0.2) is 18.4 Å². The number of benzene rings is 1. The lowest BCUT2D eigenvalue weighted by atomic mass is 10.3. The van der Waals surface area contributed by atoms with E-state index in [9.17, 15) is 18.0 Å². The summed E-state index contributed by atoms with van der Waals surface area (Å²) in [4.78, 5) is 23.7. The van der Waals surface area contributed by atoms with Crippen LogP contribution < -0.4 is 10.5 Å². The molecule has 0 fully saturated rings. The van der Waals surface area contributed by atoms with E-state index in [1.165, 1.54) is 37.3 Å². The zero-order chi connectivity index (χ0) is 17.9. The molecule has 3 N–H and O–H groups in total. The molecule has 1 aromatic carbocycles. The number of primary sulfonamides is 1. The van der Waals surface area contributed by atoms with Gasteiger partial charge < -0.3 is 14.5 Å². The van der Waals surface area contributed by atoms with Crippen molar-refractivity contribution in [2.45, 2.75) is 24.8 Å². The summed E-state index contributed by atoms with van der Waals surface area (Å²) in [5.41, 5.74) is 0.211. The third kappa shape index (κ3) is 4.43. The number of amides is 1. The number of ether oxygens (including phenoxy) is 1. The van der Waals surface area contributed by atoms with Crippen molar-refractivity contribution in [1.29, 1.82) is 0 Å². The van der Waals surface area contributed by atoms with Gasteiger partial charge in [0.25, 0.3) is 5.91 Å². The predicted octanol–water partition coefficient (Wildman–Crippen LogP) is 1.42. The average molecular weight is 352 g/mol. The molecule has 0 radical (unpaired) electrons. The Morgan fingerprint density at radius 1 is 1.25 bits per heavy atom. The number of furan rings is 1. The van der Waals surface area contributed by atoms with Crippen molar-refractivity contribution in [2.24, 2.45) is 5.14 Å². The van der Waals surface area contributed by atoms with Crippen LogP contribution in [-0.4, -0.2) is 26.4 Å². The van der Waals surface area contributed by atoms with E-state index in [1.807, 2.05) is 0 Å². The van der Waals surface area contributed by atoms with Crippen molar-refractivity contribution in [2.75, 3.05) is 5.32 Å². The van der Waals surface area contributed by atoms with Crippen molar-refractivity contribution in [3.8, 4) is 0 Å². The molecule has 0 aliphatic carbocycles. The van der Waals surface area contributed by atoms with Gasteiger partial charge in [-0.15, -0.1) is 0 Å². The number of esters is 1. The molecule has 1 atom stereocenters. The van der Waals surface area contributed by atoms with E-state index in [-0.39, 0.29) is 16.3 Å². The van der Waals surface area contributed by atoms with Crippen molar-refractivity contribution in [3.05, 3.63) is 47.9 Å². The van der Waals surface area contributed by atoms with E-state index >= 15 is 0 Å². The molecule has 24 heavy (non-hydrogen) atoms. The summed E-state index contributed by atoms with van der Waals surface area (Å²) in [7, 11) is -3.88. The standard InChI is InChI=1S/C15H16N2O6S/c1-9-6-7-13(22-9)15(19)23-10(2)14(18)17-11-4-3-5-12(8-11)24(16,20)21/h3-8,10H,1-2H3,(H,17,18)(H2,16,20,21)/t10-/m0/s1. The van der Waals surface area contributed by atoms with Gasteiger partial charge in [0, 0.05) is 5.69 Å². The summed E-state index contributed by atoms with van der Waals surface area (Å²) in [5, 5.41) is 7.48. The fraction of sp³-hybridized carbons (Fsp3) is 0.200. The van der Waals surface area contributed by atoms with Crippen molar-refractivity contribution < 1.29 is 27.2 Å². The van der Waals surface area contributed by atoms with Crippen LogP contribution in [0.5, 0.6) is 0 Å². The maximum absolute atomic E-state index is 12.0. The highest BCUT2D eigenvalue weighted by atomic mass is 32.2. The molecule has 1 heterocycles. The van der Waals surface area contributed by atoms with Gasteiger partial charge in [-0.3, -0.25) is 4.79 Å². The molecule has 1 amide bonds. The smallest absolute Gasteiger partial charge is 0.375 e. The SMILES string of the molecule is Cc1ccc(C(=O)O[C@@H](C)C(=O)Nc2cccc(S(N)(=O)=O)c2)o1. The van der Waals surface area contributed by atoms with Gasteiger partial charge >= 0.3 is 5.97 Å². The number of carbonyl (C=O) groups is 2. The molecule has 0 aliphatic rings. The van der Waals surface area contributed by atoms with E-state index in [4.69, 9.17) is 14.3 Å². The van der Waals surface area contributed by atoms with E-state index < -0.39 is 28.0 Å². The number of hydrogen-bond acceptors (Lipinski definition) is 6. The molecule has 0 spiro atoms. The summed E-state index contributed by atoms with van der Waals surface area (Å²) < 4.78 is 32.7. The number of hydrogen-bond donors (Lipinski definition) is 2. The second-order valence-corrected chi connectivity index (χ2v) is 6.58. The first-order valence-corrected chi connectivity index (χ1v) is 8.42.